The van der Waals surface area contributed by atoms with Crippen LogP contribution >= 0.6 is 0 Å². The third-order valence-electron chi connectivity index (χ3n) is 5.68. The average molecular weight is 408 g/mol. The quantitative estimate of drug-likeness (QED) is 0.540. The summed E-state index contributed by atoms with van der Waals surface area (Å²) >= 11 is 0. The van der Waals surface area contributed by atoms with Crippen molar-refractivity contribution in [2.45, 2.75) is 19.8 Å². The van der Waals surface area contributed by atoms with Crippen molar-refractivity contribution >= 4 is 11.4 Å². The monoisotopic (exact) mass is 408 g/mol. The number of rotatable bonds is 2. The fraction of sp³-hybridized carbons (Fsp3) is 0.167. The lowest BCUT2D eigenvalue weighted by Crippen LogP contribution is -2.22. The summed E-state index contributed by atoms with van der Waals surface area (Å²) in [5, 5.41) is 17.9. The van der Waals surface area contributed by atoms with Gasteiger partial charge in [0.2, 0.25) is 5.56 Å². The minimum absolute atomic E-state index is 0.128. The van der Waals surface area contributed by atoms with Gasteiger partial charge in [0.15, 0.2) is 0 Å². The zero-order valence-corrected chi connectivity index (χ0v) is 17.2. The molecule has 5 rings (SSSR count). The van der Waals surface area contributed by atoms with Crippen LogP contribution in [0.3, 0.4) is 0 Å². The number of fused-ring (bicyclic) bond motifs is 3. The number of H-pyrrole nitrogens is 1. The lowest BCUT2D eigenvalue weighted by molar-refractivity contribution is 0.696. The van der Waals surface area contributed by atoms with Gasteiger partial charge in [-0.05, 0) is 60.5 Å². The largest absolute Gasteiger partial charge is 0.339 e. The Morgan fingerprint density at radius 3 is 2.52 bits per heavy atom. The van der Waals surface area contributed by atoms with Crippen LogP contribution in [-0.4, -0.2) is 26.3 Å². The predicted molar refractivity (Wildman–Crippen MR) is 119 cm³/mol. The number of aromatic amines is 1. The SMILES string of the molecule is Cc1nnc2n1-c1ccc(-c3ccc(=O)[nH]c3)cc1N(c1ccc(C#N)cc1)C[C@H]2C. The fourth-order valence-electron chi connectivity index (χ4n) is 4.11. The number of aryl methyl sites for hydroxylation is 1. The van der Waals surface area contributed by atoms with Gasteiger partial charge < -0.3 is 9.88 Å². The number of benzene rings is 2. The Labute approximate surface area is 179 Å². The van der Waals surface area contributed by atoms with Crippen molar-refractivity contribution in [2.24, 2.45) is 0 Å². The highest BCUT2D eigenvalue weighted by molar-refractivity contribution is 5.79. The van der Waals surface area contributed by atoms with E-state index in [9.17, 15) is 10.1 Å². The summed E-state index contributed by atoms with van der Waals surface area (Å²) in [5.41, 5.74) is 5.44. The molecule has 7 nitrogen and oxygen atoms in total. The first-order chi connectivity index (χ1) is 15.0. The molecule has 0 fully saturated rings. The Bertz CT molecular complexity index is 1360. The number of nitrogens with one attached hydrogen (secondary N) is 1. The molecule has 2 aromatic heterocycles. The second-order valence-corrected chi connectivity index (χ2v) is 7.76. The summed E-state index contributed by atoms with van der Waals surface area (Å²) in [4.78, 5) is 16.5. The minimum atomic E-state index is -0.128. The minimum Gasteiger partial charge on any atom is -0.339 e. The van der Waals surface area contributed by atoms with E-state index in [4.69, 9.17) is 0 Å². The van der Waals surface area contributed by atoms with Crippen LogP contribution in [0.15, 0.2) is 65.6 Å². The molecule has 0 amide bonds. The summed E-state index contributed by atoms with van der Waals surface area (Å²) in [6.45, 7) is 4.82. The summed E-state index contributed by atoms with van der Waals surface area (Å²) in [5.74, 6) is 1.90. The molecular formula is C24H20N6O. The van der Waals surface area contributed by atoms with E-state index in [1.165, 1.54) is 6.07 Å². The van der Waals surface area contributed by atoms with E-state index in [-0.39, 0.29) is 11.5 Å². The Hall–Kier alpha value is -4.18. The number of hydrogen-bond acceptors (Lipinski definition) is 5. The zero-order valence-electron chi connectivity index (χ0n) is 17.2. The molecule has 0 bridgehead atoms. The number of anilines is 2. The van der Waals surface area contributed by atoms with Crippen molar-refractivity contribution in [2.75, 3.05) is 11.4 Å². The second-order valence-electron chi connectivity index (χ2n) is 7.76. The molecule has 0 saturated heterocycles. The fourth-order valence-corrected chi connectivity index (χ4v) is 4.11. The predicted octanol–water partition coefficient (Wildman–Crippen LogP) is 4.06. The lowest BCUT2D eigenvalue weighted by atomic mass is 10.0. The van der Waals surface area contributed by atoms with Crippen LogP contribution in [-0.2, 0) is 0 Å². The molecule has 3 heterocycles. The van der Waals surface area contributed by atoms with Gasteiger partial charge in [-0.1, -0.05) is 13.0 Å². The Kier molecular flexibility index (Phi) is 4.41. The first kappa shape index (κ1) is 18.8. The van der Waals surface area contributed by atoms with Crippen molar-refractivity contribution in [3.63, 3.8) is 0 Å². The molecule has 4 aromatic rings. The van der Waals surface area contributed by atoms with Crippen LogP contribution in [0.5, 0.6) is 0 Å². The standard InChI is InChI=1S/C24H20N6O/c1-15-14-29(20-7-3-17(12-25)4-8-20)22-11-18(19-6-10-23(31)26-13-19)5-9-21(22)30-16(2)27-28-24(15)30/h3-11,13,15H,14H2,1-2H3,(H,26,31)/t15-/m1/s1. The van der Waals surface area contributed by atoms with Gasteiger partial charge in [0.1, 0.15) is 11.6 Å². The summed E-state index contributed by atoms with van der Waals surface area (Å²) in [6.07, 6.45) is 1.73. The summed E-state index contributed by atoms with van der Waals surface area (Å²) in [6, 6.07) is 19.4. The van der Waals surface area contributed by atoms with Gasteiger partial charge in [-0.3, -0.25) is 9.36 Å². The van der Waals surface area contributed by atoms with Crippen LogP contribution < -0.4 is 10.5 Å². The number of pyridine rings is 1. The van der Waals surface area contributed by atoms with Crippen molar-refractivity contribution in [1.29, 1.82) is 5.26 Å². The van der Waals surface area contributed by atoms with E-state index in [1.54, 1.807) is 6.20 Å². The molecule has 0 saturated carbocycles. The third-order valence-corrected chi connectivity index (χ3v) is 5.68. The Morgan fingerprint density at radius 2 is 1.81 bits per heavy atom. The molecule has 1 atom stereocenters. The van der Waals surface area contributed by atoms with Crippen LogP contribution in [0.4, 0.5) is 11.4 Å². The van der Waals surface area contributed by atoms with E-state index in [0.717, 1.165) is 39.8 Å². The molecule has 7 heteroatoms. The average Bonchev–Trinajstić information content (AvgIpc) is 3.13. The van der Waals surface area contributed by atoms with Gasteiger partial charge in [-0.25, -0.2) is 0 Å². The molecule has 0 aliphatic carbocycles. The molecule has 1 aliphatic rings. The maximum absolute atomic E-state index is 11.5. The van der Waals surface area contributed by atoms with Gasteiger partial charge in [0.05, 0.1) is 23.0 Å². The van der Waals surface area contributed by atoms with Gasteiger partial charge in [-0.2, -0.15) is 5.26 Å². The van der Waals surface area contributed by atoms with Crippen LogP contribution in [0.1, 0.15) is 30.1 Å². The lowest BCUT2D eigenvalue weighted by Gasteiger charge is -2.27. The zero-order chi connectivity index (χ0) is 21.5. The molecule has 1 N–H and O–H groups in total. The number of nitriles is 1. The Balaban J connectivity index is 1.73. The summed E-state index contributed by atoms with van der Waals surface area (Å²) in [7, 11) is 0. The third kappa shape index (κ3) is 3.19. The van der Waals surface area contributed by atoms with E-state index in [1.807, 2.05) is 43.3 Å². The van der Waals surface area contributed by atoms with E-state index in [0.29, 0.717) is 12.1 Å². The highest BCUT2D eigenvalue weighted by Gasteiger charge is 2.28. The second kappa shape index (κ2) is 7.26. The van der Waals surface area contributed by atoms with E-state index in [2.05, 4.69) is 49.8 Å². The molecule has 31 heavy (non-hydrogen) atoms. The van der Waals surface area contributed by atoms with Crippen LogP contribution in [0.2, 0.25) is 0 Å². The van der Waals surface area contributed by atoms with Gasteiger partial charge in [0, 0.05) is 30.4 Å². The molecule has 152 valence electrons. The highest BCUT2D eigenvalue weighted by Crippen LogP contribution is 2.40. The van der Waals surface area contributed by atoms with Crippen molar-refractivity contribution in [3.8, 4) is 22.9 Å². The normalized spacial score (nSPS) is 15.0. The summed E-state index contributed by atoms with van der Waals surface area (Å²) < 4.78 is 2.11. The number of nitrogens with zero attached hydrogens (tertiary/aromatic N) is 5. The van der Waals surface area contributed by atoms with E-state index >= 15 is 0 Å². The molecule has 0 unspecified atom stereocenters. The van der Waals surface area contributed by atoms with Gasteiger partial charge in [0.25, 0.3) is 0 Å². The van der Waals surface area contributed by atoms with Crippen LogP contribution in [0.25, 0.3) is 16.8 Å². The molecular weight excluding hydrogens is 388 g/mol. The molecule has 2 aromatic carbocycles. The molecule has 1 aliphatic heterocycles. The Morgan fingerprint density at radius 1 is 1.03 bits per heavy atom. The maximum atomic E-state index is 11.5. The smallest absolute Gasteiger partial charge is 0.247 e. The molecule has 0 spiro atoms. The first-order valence-electron chi connectivity index (χ1n) is 10.1. The maximum Gasteiger partial charge on any atom is 0.247 e. The van der Waals surface area contributed by atoms with Gasteiger partial charge >= 0.3 is 0 Å². The van der Waals surface area contributed by atoms with Crippen molar-refractivity contribution in [3.05, 3.63) is 88.4 Å². The first-order valence-corrected chi connectivity index (χ1v) is 10.1. The molecule has 0 radical (unpaired) electrons. The van der Waals surface area contributed by atoms with Gasteiger partial charge in [-0.15, -0.1) is 10.2 Å². The van der Waals surface area contributed by atoms with Crippen molar-refractivity contribution < 1.29 is 0 Å². The number of aromatic nitrogens is 4. The van der Waals surface area contributed by atoms with Crippen molar-refractivity contribution in [1.82, 2.24) is 19.7 Å². The highest BCUT2D eigenvalue weighted by atomic mass is 16.1. The number of hydrogen-bond donors (Lipinski definition) is 1. The van der Waals surface area contributed by atoms with E-state index < -0.39 is 0 Å². The topological polar surface area (TPSA) is 90.6 Å². The van der Waals surface area contributed by atoms with Crippen LogP contribution in [0, 0.1) is 18.3 Å².